The van der Waals surface area contributed by atoms with E-state index in [0.717, 1.165) is 31.7 Å². The molecule has 7 nitrogen and oxygen atoms in total. The van der Waals surface area contributed by atoms with Crippen molar-refractivity contribution in [3.8, 4) is 5.82 Å². The van der Waals surface area contributed by atoms with Gasteiger partial charge in [0.25, 0.3) is 0 Å². The molecule has 3 rings (SSSR count). The molecule has 1 saturated heterocycles. The van der Waals surface area contributed by atoms with Gasteiger partial charge in [-0.3, -0.25) is 4.57 Å². The second-order valence-electron chi connectivity index (χ2n) is 4.37. The number of nitrogens with zero attached hydrogens (tertiary/aromatic N) is 5. The topological polar surface area (TPSA) is 84.1 Å². The van der Waals surface area contributed by atoms with E-state index < -0.39 is 5.97 Å². The van der Waals surface area contributed by atoms with Crippen molar-refractivity contribution in [1.29, 1.82) is 0 Å². The van der Waals surface area contributed by atoms with Crippen molar-refractivity contribution in [2.75, 3.05) is 18.0 Å². The molecular weight excluding hydrogens is 246 g/mol. The number of aromatic nitrogens is 4. The second-order valence-corrected chi connectivity index (χ2v) is 4.37. The number of hydrogen-bond donors (Lipinski definition) is 1. The van der Waals surface area contributed by atoms with Gasteiger partial charge < -0.3 is 10.0 Å². The number of imidazole rings is 1. The number of carbonyl (C=O) groups is 1. The summed E-state index contributed by atoms with van der Waals surface area (Å²) in [6, 6.07) is 0. The van der Waals surface area contributed by atoms with Crippen LogP contribution >= 0.6 is 0 Å². The Morgan fingerprint density at radius 3 is 2.42 bits per heavy atom. The van der Waals surface area contributed by atoms with Gasteiger partial charge in [-0.15, -0.1) is 0 Å². The number of aromatic carboxylic acids is 1. The van der Waals surface area contributed by atoms with Gasteiger partial charge >= 0.3 is 5.97 Å². The summed E-state index contributed by atoms with van der Waals surface area (Å²) in [5.74, 6) is 0.337. The third-order valence-electron chi connectivity index (χ3n) is 3.11. The first-order valence-corrected chi connectivity index (χ1v) is 6.09. The Morgan fingerprint density at radius 1 is 1.11 bits per heavy atom. The Bertz CT molecular complexity index is 604. The molecule has 1 N–H and O–H groups in total. The van der Waals surface area contributed by atoms with E-state index in [0.29, 0.717) is 5.82 Å². The fraction of sp³-hybridized carbons (Fsp3) is 0.333. The van der Waals surface area contributed by atoms with Crippen LogP contribution in [0.4, 0.5) is 5.82 Å². The molecule has 0 spiro atoms. The molecule has 1 aliphatic rings. The highest BCUT2D eigenvalue weighted by atomic mass is 16.4. The number of anilines is 1. The molecule has 1 fully saturated rings. The molecule has 7 heteroatoms. The van der Waals surface area contributed by atoms with E-state index in [1.165, 1.54) is 12.5 Å². The summed E-state index contributed by atoms with van der Waals surface area (Å²) in [6.07, 6.45) is 8.42. The molecule has 1 aliphatic heterocycles. The van der Waals surface area contributed by atoms with Crippen LogP contribution in [0, 0.1) is 0 Å². The Balaban J connectivity index is 2.01. The number of hydrogen-bond acceptors (Lipinski definition) is 5. The zero-order chi connectivity index (χ0) is 13.2. The standard InChI is InChI=1S/C12H13N5O2/c18-12(19)9-7-17(8-15-9)11-10(13-3-4-14-11)16-5-1-2-6-16/h3-4,7-8H,1-2,5-6H2,(H,18,19). The van der Waals surface area contributed by atoms with E-state index in [2.05, 4.69) is 19.9 Å². The SMILES string of the molecule is O=C(O)c1cn(-c2nccnc2N2CCCC2)cn1. The van der Waals surface area contributed by atoms with Gasteiger partial charge in [0, 0.05) is 31.7 Å². The zero-order valence-electron chi connectivity index (χ0n) is 10.2. The van der Waals surface area contributed by atoms with E-state index in [1.54, 1.807) is 17.0 Å². The highest BCUT2D eigenvalue weighted by molar-refractivity contribution is 5.85. The molecule has 0 saturated carbocycles. The van der Waals surface area contributed by atoms with Crippen LogP contribution in [0.25, 0.3) is 5.82 Å². The van der Waals surface area contributed by atoms with Crippen molar-refractivity contribution >= 4 is 11.8 Å². The van der Waals surface area contributed by atoms with Gasteiger partial charge in [-0.25, -0.2) is 19.7 Å². The molecule has 19 heavy (non-hydrogen) atoms. The first-order chi connectivity index (χ1) is 9.25. The third kappa shape index (κ3) is 2.14. The van der Waals surface area contributed by atoms with E-state index >= 15 is 0 Å². The molecule has 2 aromatic rings. The van der Waals surface area contributed by atoms with Crippen LogP contribution < -0.4 is 4.90 Å². The molecule has 0 aromatic carbocycles. The van der Waals surface area contributed by atoms with Crippen LogP contribution in [0.2, 0.25) is 0 Å². The van der Waals surface area contributed by atoms with Gasteiger partial charge in [-0.05, 0) is 12.8 Å². The molecule has 0 atom stereocenters. The molecular formula is C12H13N5O2. The minimum atomic E-state index is -1.05. The first-order valence-electron chi connectivity index (χ1n) is 6.09. The summed E-state index contributed by atoms with van der Waals surface area (Å²) in [5, 5.41) is 8.90. The van der Waals surface area contributed by atoms with E-state index in [-0.39, 0.29) is 5.69 Å². The highest BCUT2D eigenvalue weighted by Gasteiger charge is 2.19. The minimum absolute atomic E-state index is 0.00183. The summed E-state index contributed by atoms with van der Waals surface area (Å²) in [4.78, 5) is 25.5. The Kier molecular flexibility index (Phi) is 2.86. The Hall–Kier alpha value is -2.44. The summed E-state index contributed by atoms with van der Waals surface area (Å²) >= 11 is 0. The lowest BCUT2D eigenvalue weighted by atomic mass is 10.4. The molecule has 0 radical (unpaired) electrons. The molecule has 0 bridgehead atoms. The molecule has 98 valence electrons. The third-order valence-corrected chi connectivity index (χ3v) is 3.11. The number of rotatable bonds is 3. The summed E-state index contributed by atoms with van der Waals surface area (Å²) in [6.45, 7) is 1.90. The maximum atomic E-state index is 10.9. The molecule has 3 heterocycles. The zero-order valence-corrected chi connectivity index (χ0v) is 10.2. The second kappa shape index (κ2) is 4.68. The fourth-order valence-electron chi connectivity index (χ4n) is 2.21. The fourth-order valence-corrected chi connectivity index (χ4v) is 2.21. The lowest BCUT2D eigenvalue weighted by Gasteiger charge is -2.18. The van der Waals surface area contributed by atoms with Crippen molar-refractivity contribution in [1.82, 2.24) is 19.5 Å². The quantitative estimate of drug-likeness (QED) is 0.883. The average Bonchev–Trinajstić information content (AvgIpc) is 3.10. The summed E-state index contributed by atoms with van der Waals surface area (Å²) in [7, 11) is 0. The summed E-state index contributed by atoms with van der Waals surface area (Å²) in [5.41, 5.74) is -0.00183. The normalized spacial score (nSPS) is 14.8. The molecule has 0 unspecified atom stereocenters. The van der Waals surface area contributed by atoms with Crippen molar-refractivity contribution in [3.05, 3.63) is 30.6 Å². The average molecular weight is 259 g/mol. The van der Waals surface area contributed by atoms with E-state index in [1.807, 2.05) is 0 Å². The molecule has 0 amide bonds. The largest absolute Gasteiger partial charge is 0.476 e. The van der Waals surface area contributed by atoms with Gasteiger partial charge in [0.15, 0.2) is 17.3 Å². The van der Waals surface area contributed by atoms with E-state index in [9.17, 15) is 4.79 Å². The predicted octanol–water partition coefficient (Wildman–Crippen LogP) is 0.961. The van der Waals surface area contributed by atoms with Crippen LogP contribution in [-0.4, -0.2) is 43.7 Å². The number of carboxylic acid groups (broad SMARTS) is 1. The van der Waals surface area contributed by atoms with Crippen LogP contribution in [0.1, 0.15) is 23.3 Å². The summed E-state index contributed by atoms with van der Waals surface area (Å²) < 4.78 is 1.60. The highest BCUT2D eigenvalue weighted by Crippen LogP contribution is 2.23. The Labute approximate surface area is 109 Å². The molecule has 0 aliphatic carbocycles. The first kappa shape index (κ1) is 11.6. The van der Waals surface area contributed by atoms with Crippen LogP contribution in [-0.2, 0) is 0 Å². The number of carboxylic acids is 1. The Morgan fingerprint density at radius 2 is 1.79 bits per heavy atom. The monoisotopic (exact) mass is 259 g/mol. The predicted molar refractivity (Wildman–Crippen MR) is 67.6 cm³/mol. The molecule has 2 aromatic heterocycles. The van der Waals surface area contributed by atoms with Crippen molar-refractivity contribution in [3.63, 3.8) is 0 Å². The van der Waals surface area contributed by atoms with Gasteiger partial charge in [0.1, 0.15) is 6.33 Å². The smallest absolute Gasteiger partial charge is 0.356 e. The maximum absolute atomic E-state index is 10.9. The van der Waals surface area contributed by atoms with Gasteiger partial charge in [-0.1, -0.05) is 0 Å². The van der Waals surface area contributed by atoms with Gasteiger partial charge in [0.2, 0.25) is 0 Å². The van der Waals surface area contributed by atoms with Crippen molar-refractivity contribution in [2.24, 2.45) is 0 Å². The van der Waals surface area contributed by atoms with Crippen LogP contribution in [0.15, 0.2) is 24.9 Å². The maximum Gasteiger partial charge on any atom is 0.356 e. The van der Waals surface area contributed by atoms with E-state index in [4.69, 9.17) is 5.11 Å². The minimum Gasteiger partial charge on any atom is -0.476 e. The van der Waals surface area contributed by atoms with Crippen LogP contribution in [0.5, 0.6) is 0 Å². The van der Waals surface area contributed by atoms with Crippen molar-refractivity contribution < 1.29 is 9.90 Å². The lowest BCUT2D eigenvalue weighted by Crippen LogP contribution is -2.21. The van der Waals surface area contributed by atoms with Gasteiger partial charge in [0.05, 0.1) is 0 Å². The lowest BCUT2D eigenvalue weighted by molar-refractivity contribution is 0.0691. The van der Waals surface area contributed by atoms with Crippen LogP contribution in [0.3, 0.4) is 0 Å². The van der Waals surface area contributed by atoms with Crippen molar-refractivity contribution in [2.45, 2.75) is 12.8 Å². The van der Waals surface area contributed by atoms with Gasteiger partial charge in [-0.2, -0.15) is 0 Å².